The lowest BCUT2D eigenvalue weighted by molar-refractivity contribution is 0.0203. The molecule has 0 aliphatic carbocycles. The lowest BCUT2D eigenvalue weighted by atomic mass is 9.90. The first kappa shape index (κ1) is 29.3. The minimum atomic E-state index is -0.769. The van der Waals surface area contributed by atoms with Gasteiger partial charge in [-0.1, -0.05) is 12.1 Å². The Labute approximate surface area is 244 Å². The number of ether oxygens (including phenoxy) is 2. The van der Waals surface area contributed by atoms with Crippen LogP contribution in [0.15, 0.2) is 48.7 Å². The first-order valence-corrected chi connectivity index (χ1v) is 14.2. The fraction of sp³-hybridized carbons (Fsp3) is 0.452. The van der Waals surface area contributed by atoms with Crippen LogP contribution in [0.4, 0.5) is 19.3 Å². The largest absolute Gasteiger partial charge is 0.495 e. The van der Waals surface area contributed by atoms with Crippen LogP contribution < -0.4 is 9.64 Å². The van der Waals surface area contributed by atoms with Gasteiger partial charge in [0.2, 0.25) is 0 Å². The van der Waals surface area contributed by atoms with E-state index in [0.717, 1.165) is 17.5 Å². The smallest absolute Gasteiger partial charge is 0.410 e. The average molecular weight is 582 g/mol. The average Bonchev–Trinajstić information content (AvgIpc) is 3.41. The van der Waals surface area contributed by atoms with Crippen molar-refractivity contribution in [3.8, 4) is 11.4 Å². The molecule has 2 aliphatic heterocycles. The van der Waals surface area contributed by atoms with Crippen molar-refractivity contribution in [3.63, 3.8) is 0 Å². The summed E-state index contributed by atoms with van der Waals surface area (Å²) in [7, 11) is 1.64. The molecule has 2 fully saturated rings. The van der Waals surface area contributed by atoms with Gasteiger partial charge in [0, 0.05) is 51.3 Å². The molecule has 11 heteroatoms. The fourth-order valence-electron chi connectivity index (χ4n) is 5.63. The number of halogens is 2. The highest BCUT2D eigenvalue weighted by Gasteiger charge is 2.34. The second-order valence-corrected chi connectivity index (χ2v) is 11.6. The number of rotatable bonds is 5. The normalized spacial score (nSPS) is 16.5. The first-order chi connectivity index (χ1) is 20.1. The highest BCUT2D eigenvalue weighted by Crippen LogP contribution is 2.34. The fourth-order valence-corrected chi connectivity index (χ4v) is 5.63. The number of carbonyl (C=O) groups excluding carboxylic acids is 2. The summed E-state index contributed by atoms with van der Waals surface area (Å²) in [4.78, 5) is 32.2. The molecule has 42 heavy (non-hydrogen) atoms. The van der Waals surface area contributed by atoms with Gasteiger partial charge >= 0.3 is 6.09 Å². The molecule has 9 nitrogen and oxygen atoms in total. The van der Waals surface area contributed by atoms with Crippen LogP contribution in [-0.4, -0.2) is 83.6 Å². The van der Waals surface area contributed by atoms with Crippen LogP contribution in [0.25, 0.3) is 5.69 Å². The number of carbonyl (C=O) groups is 2. The standard InChI is InChI=1S/C31H37F2N5O4/c1-31(2,3)42-30(40)37-13-11-21(12-14-37)28-23(20-34-38(28)25-10-9-22(32)19-24(25)33)29(39)36-17-15-35(16-18-36)26-7-5-6-8-27(26)41-4/h5-10,19-21H,11-18H2,1-4H3. The van der Waals surface area contributed by atoms with Gasteiger partial charge in [0.15, 0.2) is 5.82 Å². The van der Waals surface area contributed by atoms with Crippen molar-refractivity contribution in [2.24, 2.45) is 0 Å². The summed E-state index contributed by atoms with van der Waals surface area (Å²) in [5.41, 5.74) is 1.40. The lowest BCUT2D eigenvalue weighted by Gasteiger charge is -2.37. The zero-order valence-electron chi connectivity index (χ0n) is 24.5. The van der Waals surface area contributed by atoms with Gasteiger partial charge in [0.25, 0.3) is 5.91 Å². The molecule has 0 radical (unpaired) electrons. The monoisotopic (exact) mass is 581 g/mol. The van der Waals surface area contributed by atoms with Crippen molar-refractivity contribution in [2.75, 3.05) is 51.3 Å². The maximum Gasteiger partial charge on any atom is 0.410 e. The van der Waals surface area contributed by atoms with Gasteiger partial charge in [0.05, 0.1) is 30.3 Å². The molecule has 0 unspecified atom stereocenters. The number of hydrogen-bond donors (Lipinski definition) is 0. The summed E-state index contributed by atoms with van der Waals surface area (Å²) >= 11 is 0. The van der Waals surface area contributed by atoms with Crippen LogP contribution in [0, 0.1) is 11.6 Å². The quantitative estimate of drug-likeness (QED) is 0.410. The van der Waals surface area contributed by atoms with E-state index < -0.39 is 17.2 Å². The number of piperazine rings is 1. The summed E-state index contributed by atoms with van der Waals surface area (Å²) < 4.78 is 41.2. The Morgan fingerprint density at radius 1 is 0.905 bits per heavy atom. The van der Waals surface area contributed by atoms with Gasteiger partial charge < -0.3 is 24.2 Å². The second kappa shape index (κ2) is 12.0. The molecular formula is C31H37F2N5O4. The highest BCUT2D eigenvalue weighted by molar-refractivity contribution is 5.95. The third kappa shape index (κ3) is 6.19. The van der Waals surface area contributed by atoms with E-state index in [0.29, 0.717) is 63.4 Å². The molecule has 3 heterocycles. The summed E-state index contributed by atoms with van der Waals surface area (Å²) in [6.45, 7) is 8.52. The zero-order chi connectivity index (χ0) is 30.0. The number of anilines is 1. The highest BCUT2D eigenvalue weighted by atomic mass is 19.1. The van der Waals surface area contributed by atoms with Gasteiger partial charge in [0.1, 0.15) is 22.9 Å². The maximum atomic E-state index is 15.0. The molecule has 0 bridgehead atoms. The number of piperidine rings is 1. The van der Waals surface area contributed by atoms with E-state index in [4.69, 9.17) is 9.47 Å². The lowest BCUT2D eigenvalue weighted by Crippen LogP contribution is -2.49. The minimum Gasteiger partial charge on any atom is -0.495 e. The predicted molar refractivity (Wildman–Crippen MR) is 154 cm³/mol. The van der Waals surface area contributed by atoms with Crippen LogP contribution in [0.2, 0.25) is 0 Å². The summed E-state index contributed by atoms with van der Waals surface area (Å²) in [5.74, 6) is -1.05. The topological polar surface area (TPSA) is 80.1 Å². The van der Waals surface area contributed by atoms with E-state index in [1.165, 1.54) is 23.0 Å². The summed E-state index contributed by atoms with van der Waals surface area (Å²) in [5, 5.41) is 4.43. The number of para-hydroxylation sites is 2. The van der Waals surface area contributed by atoms with Crippen LogP contribution in [0.5, 0.6) is 5.75 Å². The number of nitrogens with zero attached hydrogens (tertiary/aromatic N) is 5. The van der Waals surface area contributed by atoms with Crippen molar-refractivity contribution in [1.29, 1.82) is 0 Å². The second-order valence-electron chi connectivity index (χ2n) is 11.6. The predicted octanol–water partition coefficient (Wildman–Crippen LogP) is 5.24. The molecule has 224 valence electrons. The Kier molecular flexibility index (Phi) is 8.38. The van der Waals surface area contributed by atoms with Crippen molar-refractivity contribution in [3.05, 3.63) is 71.6 Å². The molecule has 2 aromatic carbocycles. The van der Waals surface area contributed by atoms with Gasteiger partial charge in [-0.05, 0) is 57.9 Å². The summed E-state index contributed by atoms with van der Waals surface area (Å²) in [6.07, 6.45) is 2.17. The SMILES string of the molecule is COc1ccccc1N1CCN(C(=O)c2cnn(-c3ccc(F)cc3F)c2C2CCN(C(=O)OC(C)(C)C)CC2)CC1. The van der Waals surface area contributed by atoms with Crippen LogP contribution in [0.3, 0.4) is 0 Å². The van der Waals surface area contributed by atoms with E-state index >= 15 is 0 Å². The Morgan fingerprint density at radius 3 is 2.24 bits per heavy atom. The van der Waals surface area contributed by atoms with E-state index in [1.54, 1.807) is 16.9 Å². The third-order valence-corrected chi connectivity index (χ3v) is 7.70. The van der Waals surface area contributed by atoms with Gasteiger partial charge in [-0.15, -0.1) is 0 Å². The molecule has 0 atom stereocenters. The van der Waals surface area contributed by atoms with E-state index in [-0.39, 0.29) is 23.6 Å². The molecule has 0 spiro atoms. The number of benzene rings is 2. The Hall–Kier alpha value is -4.15. The summed E-state index contributed by atoms with van der Waals surface area (Å²) in [6, 6.07) is 11.1. The molecule has 2 aliphatic rings. The molecule has 0 saturated carbocycles. The van der Waals surface area contributed by atoms with Crippen molar-refractivity contribution >= 4 is 17.7 Å². The van der Waals surface area contributed by atoms with Gasteiger partial charge in [-0.2, -0.15) is 5.10 Å². The molecule has 2 saturated heterocycles. The molecule has 3 aromatic rings. The number of likely N-dealkylation sites (tertiary alicyclic amines) is 1. The van der Waals surface area contributed by atoms with E-state index in [2.05, 4.69) is 10.00 Å². The molecule has 0 N–H and O–H groups in total. The van der Waals surface area contributed by atoms with Crippen LogP contribution in [-0.2, 0) is 4.74 Å². The van der Waals surface area contributed by atoms with Crippen molar-refractivity contribution < 1.29 is 27.8 Å². The Balaban J connectivity index is 1.38. The van der Waals surface area contributed by atoms with E-state index in [9.17, 15) is 18.4 Å². The third-order valence-electron chi connectivity index (χ3n) is 7.70. The van der Waals surface area contributed by atoms with E-state index in [1.807, 2.05) is 45.0 Å². The minimum absolute atomic E-state index is 0.0704. The molecule has 2 amide bonds. The molecule has 5 rings (SSSR count). The van der Waals surface area contributed by atoms with Crippen molar-refractivity contribution in [2.45, 2.75) is 45.1 Å². The van der Waals surface area contributed by atoms with Gasteiger partial charge in [-0.25, -0.2) is 18.3 Å². The first-order valence-electron chi connectivity index (χ1n) is 14.2. The number of methoxy groups -OCH3 is 1. The number of hydrogen-bond acceptors (Lipinski definition) is 6. The number of aromatic nitrogens is 2. The van der Waals surface area contributed by atoms with Crippen LogP contribution in [0.1, 0.15) is 55.6 Å². The van der Waals surface area contributed by atoms with Crippen LogP contribution >= 0.6 is 0 Å². The maximum absolute atomic E-state index is 15.0. The Bertz CT molecular complexity index is 1440. The number of amides is 2. The molecule has 1 aromatic heterocycles. The van der Waals surface area contributed by atoms with Gasteiger partial charge in [-0.3, -0.25) is 4.79 Å². The zero-order valence-corrected chi connectivity index (χ0v) is 24.5. The Morgan fingerprint density at radius 2 is 1.60 bits per heavy atom. The molecular weight excluding hydrogens is 544 g/mol. The van der Waals surface area contributed by atoms with Crippen molar-refractivity contribution in [1.82, 2.24) is 19.6 Å².